The summed E-state index contributed by atoms with van der Waals surface area (Å²) in [6.07, 6.45) is -1.06. The van der Waals surface area contributed by atoms with Gasteiger partial charge in [0.2, 0.25) is 5.89 Å². The molecule has 0 unspecified atom stereocenters. The zero-order valence-electron chi connectivity index (χ0n) is 13.9. The van der Waals surface area contributed by atoms with Gasteiger partial charge in [-0.15, -0.1) is 0 Å². The molecule has 134 valence electrons. The number of allylic oxidation sites excluding steroid dienone is 1. The van der Waals surface area contributed by atoms with Crippen LogP contribution in [0.4, 0.5) is 13.2 Å². The highest BCUT2D eigenvalue weighted by Crippen LogP contribution is 2.31. The summed E-state index contributed by atoms with van der Waals surface area (Å²) >= 11 is 5.09. The van der Waals surface area contributed by atoms with E-state index in [0.29, 0.717) is 11.5 Å². The number of fused-ring (bicyclic) bond motifs is 1. The topological polar surface area (TPSA) is 49.5 Å². The van der Waals surface area contributed by atoms with Gasteiger partial charge in [-0.25, -0.2) is 10.0 Å². The Morgan fingerprint density at radius 3 is 2.33 bits per heavy atom. The van der Waals surface area contributed by atoms with Crippen molar-refractivity contribution >= 4 is 28.8 Å². The molecule has 0 atom stereocenters. The molecule has 1 aromatic carbocycles. The van der Waals surface area contributed by atoms with Crippen LogP contribution in [0.25, 0.3) is 17.2 Å². The van der Waals surface area contributed by atoms with E-state index >= 15 is 0 Å². The number of nitrogens with zero attached hydrogens (tertiary/aromatic N) is 2. The fourth-order valence-corrected chi connectivity index (χ4v) is 1.34. The third kappa shape index (κ3) is 7.06. The molecule has 0 saturated carbocycles. The maximum atomic E-state index is 12.4. The molecule has 24 heavy (non-hydrogen) atoms. The van der Waals surface area contributed by atoms with Gasteiger partial charge in [0.1, 0.15) is 10.7 Å². The molecule has 2 rings (SSSR count). The second kappa shape index (κ2) is 10.00. The number of hydroxylamine groups is 2. The van der Waals surface area contributed by atoms with E-state index in [1.165, 1.54) is 13.1 Å². The molecule has 0 aliphatic rings. The molecule has 0 fully saturated rings. The molecular formula is C16H20ClF3N2O2. The number of hydrogen-bond donors (Lipinski definition) is 1. The van der Waals surface area contributed by atoms with E-state index in [-0.39, 0.29) is 10.7 Å². The van der Waals surface area contributed by atoms with Crippen molar-refractivity contribution in [3.8, 4) is 0 Å². The first-order valence-corrected chi connectivity index (χ1v) is 7.40. The van der Waals surface area contributed by atoms with Gasteiger partial charge in [0.25, 0.3) is 0 Å². The highest BCUT2D eigenvalue weighted by molar-refractivity contribution is 6.28. The lowest BCUT2D eigenvalue weighted by Crippen LogP contribution is -2.05. The summed E-state index contributed by atoms with van der Waals surface area (Å²) in [7, 11) is 1.40. The Morgan fingerprint density at radius 2 is 1.92 bits per heavy atom. The fourth-order valence-electron chi connectivity index (χ4n) is 1.34. The Hall–Kier alpha value is -1.99. The average molecular weight is 365 g/mol. The number of oxazole rings is 1. The van der Waals surface area contributed by atoms with Crippen LogP contribution in [0.5, 0.6) is 0 Å². The molecular weight excluding hydrogens is 345 g/mol. The van der Waals surface area contributed by atoms with Crippen LogP contribution in [-0.2, 0) is 6.18 Å². The second-order valence-corrected chi connectivity index (χ2v) is 4.57. The van der Waals surface area contributed by atoms with Crippen molar-refractivity contribution < 1.29 is 22.8 Å². The van der Waals surface area contributed by atoms with Gasteiger partial charge in [-0.2, -0.15) is 13.2 Å². The lowest BCUT2D eigenvalue weighted by atomic mass is 10.2. The second-order valence-electron chi connectivity index (χ2n) is 4.13. The molecule has 8 heteroatoms. The molecule has 1 aromatic heterocycles. The fraction of sp³-hybridized carbons (Fsp3) is 0.312. The van der Waals surface area contributed by atoms with Crippen LogP contribution in [0.1, 0.15) is 32.2 Å². The molecule has 0 saturated heterocycles. The van der Waals surface area contributed by atoms with Crippen molar-refractivity contribution in [1.29, 1.82) is 0 Å². The first-order chi connectivity index (χ1) is 11.1. The molecule has 0 bridgehead atoms. The first kappa shape index (κ1) is 22.0. The minimum atomic E-state index is -4.35. The molecule has 0 spiro atoms. The van der Waals surface area contributed by atoms with E-state index in [0.717, 1.165) is 17.2 Å². The van der Waals surface area contributed by atoms with Crippen molar-refractivity contribution in [2.24, 2.45) is 0 Å². The highest BCUT2D eigenvalue weighted by atomic mass is 35.5. The lowest BCUT2D eigenvalue weighted by Gasteiger charge is -2.04. The van der Waals surface area contributed by atoms with Crippen molar-refractivity contribution in [2.45, 2.75) is 26.9 Å². The van der Waals surface area contributed by atoms with Gasteiger partial charge in [0, 0.05) is 7.05 Å². The van der Waals surface area contributed by atoms with E-state index in [1.807, 2.05) is 13.8 Å². The normalized spacial score (nSPS) is 10.7. The number of halogens is 4. The minimum absolute atomic E-state index is 0.120. The van der Waals surface area contributed by atoms with E-state index in [9.17, 15) is 13.2 Å². The van der Waals surface area contributed by atoms with E-state index in [1.54, 1.807) is 19.1 Å². The molecule has 2 aromatic rings. The standard InChI is InChI=1S/C11H8F3NO.C3H6ClNO.C2H6/c1-2-3-10-15-8-6-7(11(12,13)14)4-5-9(8)16-10;1-3(4)5(2)6;1-2/h2-6H,1H3;6H,1H2,2H3;1-2H3/b3-2+;;. The quantitative estimate of drug-likeness (QED) is 0.530. The summed E-state index contributed by atoms with van der Waals surface area (Å²) in [6, 6.07) is 3.23. The summed E-state index contributed by atoms with van der Waals surface area (Å²) < 4.78 is 42.4. The zero-order chi connectivity index (χ0) is 18.9. The zero-order valence-corrected chi connectivity index (χ0v) is 14.6. The van der Waals surface area contributed by atoms with Gasteiger partial charge in [-0.3, -0.25) is 5.21 Å². The van der Waals surface area contributed by atoms with E-state index in [4.69, 9.17) is 21.2 Å². The average Bonchev–Trinajstić information content (AvgIpc) is 2.90. The SMILES string of the molecule is C/C=C/c1nc2cc(C(F)(F)F)ccc2o1.C=C(Cl)N(C)O.CC. The third-order valence-corrected chi connectivity index (χ3v) is 2.64. The van der Waals surface area contributed by atoms with Crippen LogP contribution in [0.15, 0.2) is 40.4 Å². The van der Waals surface area contributed by atoms with Gasteiger partial charge < -0.3 is 4.42 Å². The van der Waals surface area contributed by atoms with Gasteiger partial charge in [0.05, 0.1) is 5.56 Å². The smallest absolute Gasteiger partial charge is 0.416 e. The van der Waals surface area contributed by atoms with Crippen molar-refractivity contribution in [2.75, 3.05) is 7.05 Å². The molecule has 0 aliphatic heterocycles. The van der Waals surface area contributed by atoms with Crippen LogP contribution in [-0.4, -0.2) is 22.3 Å². The van der Waals surface area contributed by atoms with Crippen molar-refractivity contribution in [3.63, 3.8) is 0 Å². The van der Waals surface area contributed by atoms with Crippen molar-refractivity contribution in [3.05, 3.63) is 47.5 Å². The largest absolute Gasteiger partial charge is 0.437 e. The molecule has 1 heterocycles. The molecule has 4 nitrogen and oxygen atoms in total. The molecule has 0 radical (unpaired) electrons. The van der Waals surface area contributed by atoms with Crippen LogP contribution in [0, 0.1) is 0 Å². The summed E-state index contributed by atoms with van der Waals surface area (Å²) in [6.45, 7) is 8.97. The molecule has 0 aliphatic carbocycles. The first-order valence-electron chi connectivity index (χ1n) is 7.02. The molecule has 1 N–H and O–H groups in total. The Bertz CT molecular complexity index is 680. The van der Waals surface area contributed by atoms with E-state index < -0.39 is 11.7 Å². The van der Waals surface area contributed by atoms with Crippen LogP contribution in [0.2, 0.25) is 0 Å². The number of rotatable bonds is 2. The highest BCUT2D eigenvalue weighted by Gasteiger charge is 2.30. The Labute approximate surface area is 143 Å². The van der Waals surface area contributed by atoms with Crippen LogP contribution < -0.4 is 0 Å². The third-order valence-electron chi connectivity index (χ3n) is 2.39. The monoisotopic (exact) mass is 364 g/mol. The number of aromatic nitrogens is 1. The maximum Gasteiger partial charge on any atom is 0.416 e. The number of alkyl halides is 3. The number of hydrogen-bond acceptors (Lipinski definition) is 4. The Kier molecular flexibility index (Phi) is 9.17. The predicted molar refractivity (Wildman–Crippen MR) is 89.6 cm³/mol. The van der Waals surface area contributed by atoms with Gasteiger partial charge in [0.15, 0.2) is 5.58 Å². The summed E-state index contributed by atoms with van der Waals surface area (Å²) in [5.74, 6) is 0.303. The summed E-state index contributed by atoms with van der Waals surface area (Å²) in [5, 5.41) is 9.09. The van der Waals surface area contributed by atoms with Gasteiger partial charge >= 0.3 is 6.18 Å². The predicted octanol–water partition coefficient (Wildman–Crippen LogP) is 5.92. The summed E-state index contributed by atoms with van der Waals surface area (Å²) in [4.78, 5) is 3.92. The van der Waals surface area contributed by atoms with Crippen molar-refractivity contribution in [1.82, 2.24) is 10.0 Å². The maximum absolute atomic E-state index is 12.4. The van der Waals surface area contributed by atoms with E-state index in [2.05, 4.69) is 11.6 Å². The van der Waals surface area contributed by atoms with Gasteiger partial charge in [-0.05, 0) is 31.2 Å². The molecule has 0 amide bonds. The van der Waals surface area contributed by atoms with Crippen LogP contribution >= 0.6 is 11.6 Å². The lowest BCUT2D eigenvalue weighted by molar-refractivity contribution is -0.137. The van der Waals surface area contributed by atoms with Crippen LogP contribution in [0.3, 0.4) is 0 Å². The minimum Gasteiger partial charge on any atom is -0.437 e. The summed E-state index contributed by atoms with van der Waals surface area (Å²) in [5.41, 5.74) is -0.163. The number of benzene rings is 1. The van der Waals surface area contributed by atoms with Gasteiger partial charge in [-0.1, -0.05) is 38.1 Å². The Morgan fingerprint density at radius 1 is 1.38 bits per heavy atom. The Balaban J connectivity index is 0.000000563.